The minimum Gasteiger partial charge on any atom is -0.351 e. The summed E-state index contributed by atoms with van der Waals surface area (Å²) >= 11 is 0. The normalized spacial score (nSPS) is 13.8. The van der Waals surface area contributed by atoms with Crippen LogP contribution in [0.4, 0.5) is 24.8 Å². The summed E-state index contributed by atoms with van der Waals surface area (Å²) in [7, 11) is 0. The molecule has 0 bridgehead atoms. The molecule has 0 radical (unpaired) electrons. The fourth-order valence-electron chi connectivity index (χ4n) is 4.70. The summed E-state index contributed by atoms with van der Waals surface area (Å²) in [4.78, 5) is 25.9. The summed E-state index contributed by atoms with van der Waals surface area (Å²) in [5.41, 5.74) is 2.37. The zero-order valence-electron chi connectivity index (χ0n) is 22.7. The zero-order chi connectivity index (χ0) is 29.0. The van der Waals surface area contributed by atoms with Crippen LogP contribution < -0.4 is 10.6 Å². The van der Waals surface area contributed by atoms with Gasteiger partial charge in [0.25, 0.3) is 5.91 Å². The lowest BCUT2D eigenvalue weighted by Crippen LogP contribution is -2.23. The number of nitrogens with one attached hydrogen (secondary N) is 2. The summed E-state index contributed by atoms with van der Waals surface area (Å²) < 4.78 is 42.3. The van der Waals surface area contributed by atoms with Crippen molar-refractivity contribution < 1.29 is 18.0 Å². The summed E-state index contributed by atoms with van der Waals surface area (Å²) in [6.07, 6.45) is 7.69. The molecule has 210 valence electrons. The number of carbonyl (C=O) groups is 1. The number of anilines is 2. The molecule has 0 atom stereocenters. The number of carbonyl (C=O) groups excluding carboxylic acids is 1. The molecule has 41 heavy (non-hydrogen) atoms. The Morgan fingerprint density at radius 3 is 2.41 bits per heavy atom. The molecule has 2 heterocycles. The number of imidazole rings is 1. The highest BCUT2D eigenvalue weighted by molar-refractivity contribution is 6.04. The fraction of sp³-hybridized carbons (Fsp3) is 0.290. The zero-order valence-corrected chi connectivity index (χ0v) is 22.7. The Morgan fingerprint density at radius 1 is 0.976 bits per heavy atom. The van der Waals surface area contributed by atoms with E-state index in [0.29, 0.717) is 28.8 Å². The summed E-state index contributed by atoms with van der Waals surface area (Å²) in [5, 5.41) is 5.97. The van der Waals surface area contributed by atoms with Gasteiger partial charge in [-0.25, -0.2) is 15.0 Å². The van der Waals surface area contributed by atoms with E-state index < -0.39 is 17.6 Å². The minimum absolute atomic E-state index is 0.0125. The predicted molar refractivity (Wildman–Crippen MR) is 151 cm³/mol. The first-order chi connectivity index (χ1) is 19.6. The molecule has 2 N–H and O–H groups in total. The van der Waals surface area contributed by atoms with Gasteiger partial charge in [0.2, 0.25) is 5.95 Å². The Balaban J connectivity index is 1.33. The average Bonchev–Trinajstić information content (AvgIpc) is 3.39. The molecule has 1 fully saturated rings. The molecular weight excluding hydrogens is 529 g/mol. The van der Waals surface area contributed by atoms with E-state index in [4.69, 9.17) is 0 Å². The lowest BCUT2D eigenvalue weighted by molar-refractivity contribution is -0.137. The van der Waals surface area contributed by atoms with Gasteiger partial charge in [0.1, 0.15) is 0 Å². The van der Waals surface area contributed by atoms with Gasteiger partial charge in [-0.15, -0.1) is 0 Å². The van der Waals surface area contributed by atoms with Crippen molar-refractivity contribution in [2.24, 2.45) is 0 Å². The maximum absolute atomic E-state index is 13.6. The molecule has 7 nitrogen and oxygen atoms in total. The van der Waals surface area contributed by atoms with Gasteiger partial charge in [0, 0.05) is 47.1 Å². The Bertz CT molecular complexity index is 1610. The maximum atomic E-state index is 13.6. The summed E-state index contributed by atoms with van der Waals surface area (Å²) in [6.45, 7) is 3.60. The van der Waals surface area contributed by atoms with E-state index in [-0.39, 0.29) is 16.9 Å². The molecule has 1 aliphatic rings. The number of aryl methyl sites for hydroxylation is 2. The van der Waals surface area contributed by atoms with Crippen LogP contribution >= 0.6 is 0 Å². The lowest BCUT2D eigenvalue weighted by Gasteiger charge is -2.22. The number of halogens is 3. The van der Waals surface area contributed by atoms with E-state index in [9.17, 15) is 18.0 Å². The Morgan fingerprint density at radius 2 is 1.73 bits per heavy atom. The average molecular weight is 559 g/mol. The molecule has 0 spiro atoms. The largest absolute Gasteiger partial charge is 0.416 e. The molecule has 5 rings (SSSR count). The first-order valence-electron chi connectivity index (χ1n) is 13.4. The van der Waals surface area contributed by atoms with E-state index in [2.05, 4.69) is 37.4 Å². The van der Waals surface area contributed by atoms with Crippen molar-refractivity contribution in [3.8, 4) is 17.5 Å². The van der Waals surface area contributed by atoms with Crippen LogP contribution in [0.5, 0.6) is 0 Å². The van der Waals surface area contributed by atoms with Gasteiger partial charge < -0.3 is 15.2 Å². The number of aromatic nitrogens is 4. The Hall–Kier alpha value is -4.65. The SMILES string of the molecule is Cc1cn(-c2cc(NC(=O)c3ccc(C)c(C#Cc4cnc(NC5CCCCC5)nc4)c3)cc(C(F)(F)F)c2)cn1. The third kappa shape index (κ3) is 7.11. The molecule has 2 aromatic heterocycles. The molecule has 1 aliphatic carbocycles. The monoisotopic (exact) mass is 558 g/mol. The number of hydrogen-bond donors (Lipinski definition) is 2. The molecule has 0 saturated heterocycles. The predicted octanol–water partition coefficient (Wildman–Crippen LogP) is 6.69. The van der Waals surface area contributed by atoms with Crippen LogP contribution in [-0.4, -0.2) is 31.5 Å². The van der Waals surface area contributed by atoms with Gasteiger partial charge in [0.05, 0.1) is 23.1 Å². The van der Waals surface area contributed by atoms with Crippen LogP contribution in [0.2, 0.25) is 0 Å². The van der Waals surface area contributed by atoms with Crippen molar-refractivity contribution in [2.45, 2.75) is 58.2 Å². The highest BCUT2D eigenvalue weighted by Gasteiger charge is 2.31. The number of hydrogen-bond acceptors (Lipinski definition) is 5. The third-order valence-corrected chi connectivity index (χ3v) is 6.94. The van der Waals surface area contributed by atoms with Gasteiger partial charge in [-0.05, 0) is 62.6 Å². The van der Waals surface area contributed by atoms with E-state index in [1.54, 1.807) is 43.7 Å². The van der Waals surface area contributed by atoms with Gasteiger partial charge in [-0.2, -0.15) is 13.2 Å². The fourth-order valence-corrected chi connectivity index (χ4v) is 4.70. The van der Waals surface area contributed by atoms with Crippen molar-refractivity contribution in [1.82, 2.24) is 19.5 Å². The van der Waals surface area contributed by atoms with Crippen molar-refractivity contribution in [1.29, 1.82) is 0 Å². The topological polar surface area (TPSA) is 84.7 Å². The minimum atomic E-state index is -4.59. The Kier molecular flexibility index (Phi) is 8.06. The highest BCUT2D eigenvalue weighted by atomic mass is 19.4. The van der Waals surface area contributed by atoms with E-state index >= 15 is 0 Å². The summed E-state index contributed by atoms with van der Waals surface area (Å²) in [5.74, 6) is 6.12. The van der Waals surface area contributed by atoms with Crippen LogP contribution in [0.1, 0.15) is 70.4 Å². The highest BCUT2D eigenvalue weighted by Crippen LogP contribution is 2.33. The third-order valence-electron chi connectivity index (χ3n) is 6.94. The quantitative estimate of drug-likeness (QED) is 0.267. The molecule has 1 saturated carbocycles. The number of nitrogens with zero attached hydrogens (tertiary/aromatic N) is 4. The van der Waals surface area contributed by atoms with Gasteiger partial charge in [-0.1, -0.05) is 37.2 Å². The number of amides is 1. The van der Waals surface area contributed by atoms with Gasteiger partial charge in [-0.3, -0.25) is 4.79 Å². The second-order valence-corrected chi connectivity index (χ2v) is 10.2. The second kappa shape index (κ2) is 11.8. The lowest BCUT2D eigenvalue weighted by atomic mass is 9.96. The van der Waals surface area contributed by atoms with Crippen LogP contribution in [0.15, 0.2) is 61.3 Å². The van der Waals surface area contributed by atoms with Crippen molar-refractivity contribution >= 4 is 17.5 Å². The maximum Gasteiger partial charge on any atom is 0.416 e. The van der Waals surface area contributed by atoms with Crippen LogP contribution in [0.3, 0.4) is 0 Å². The van der Waals surface area contributed by atoms with E-state index in [0.717, 1.165) is 30.5 Å². The van der Waals surface area contributed by atoms with Crippen LogP contribution in [-0.2, 0) is 6.18 Å². The second-order valence-electron chi connectivity index (χ2n) is 10.2. The molecule has 10 heteroatoms. The first kappa shape index (κ1) is 27.9. The number of rotatable bonds is 5. The standard InChI is InChI=1S/C31H29F3N6O/c1-20-8-10-24(12-23(20)11-9-22-16-35-30(36-17-22)39-26-6-4-3-5-7-26)29(41)38-27-13-25(31(32,33)34)14-28(15-27)40-18-21(2)37-19-40/h8,10,12-19,26H,3-7H2,1-2H3,(H,38,41)(H,35,36,39). The first-order valence-corrected chi connectivity index (χ1v) is 13.4. The van der Waals surface area contributed by atoms with Crippen LogP contribution in [0.25, 0.3) is 5.69 Å². The van der Waals surface area contributed by atoms with E-state index in [1.807, 2.05) is 6.92 Å². The molecular formula is C31H29F3N6O. The van der Waals surface area contributed by atoms with Crippen molar-refractivity contribution in [3.63, 3.8) is 0 Å². The molecule has 2 aromatic carbocycles. The Labute approximate surface area is 236 Å². The van der Waals surface area contributed by atoms with Gasteiger partial charge >= 0.3 is 6.18 Å². The molecule has 0 aliphatic heterocycles. The van der Waals surface area contributed by atoms with E-state index in [1.165, 1.54) is 36.2 Å². The van der Waals surface area contributed by atoms with Crippen molar-refractivity contribution in [2.75, 3.05) is 10.6 Å². The number of benzene rings is 2. The molecule has 1 amide bonds. The van der Waals surface area contributed by atoms with Crippen LogP contribution in [0, 0.1) is 25.7 Å². The van der Waals surface area contributed by atoms with Gasteiger partial charge in [0.15, 0.2) is 0 Å². The smallest absolute Gasteiger partial charge is 0.351 e. The number of alkyl halides is 3. The van der Waals surface area contributed by atoms with Crippen molar-refractivity contribution in [3.05, 3.63) is 94.8 Å². The molecule has 0 unspecified atom stereocenters. The summed E-state index contributed by atoms with van der Waals surface area (Å²) in [6, 6.07) is 8.76. The molecule has 4 aromatic rings.